The molecule has 68 valence electrons. The van der Waals surface area contributed by atoms with Crippen LogP contribution in [0.2, 0.25) is 0 Å². The van der Waals surface area contributed by atoms with E-state index in [0.717, 1.165) is 0 Å². The number of nitrogens with zero attached hydrogens (tertiary/aromatic N) is 1. The van der Waals surface area contributed by atoms with E-state index in [1.54, 1.807) is 20.8 Å². The van der Waals surface area contributed by atoms with Crippen molar-refractivity contribution in [2.45, 2.75) is 26.4 Å². The van der Waals surface area contributed by atoms with Gasteiger partial charge in [-0.2, -0.15) is 5.06 Å². The SMILES string of the molecule is CN(O)C(=O)OC(C)(C)C.Cl. The number of carbonyl (C=O) groups excluding carboxylic acids is 1. The first-order valence-electron chi connectivity index (χ1n) is 2.98. The number of halogens is 1. The highest BCUT2D eigenvalue weighted by Crippen LogP contribution is 2.07. The second-order valence-corrected chi connectivity index (χ2v) is 3.00. The van der Waals surface area contributed by atoms with E-state index in [2.05, 4.69) is 0 Å². The van der Waals surface area contributed by atoms with Gasteiger partial charge >= 0.3 is 6.09 Å². The Morgan fingerprint density at radius 2 is 1.82 bits per heavy atom. The number of hydrogen-bond donors (Lipinski definition) is 1. The zero-order valence-corrected chi connectivity index (χ0v) is 7.94. The monoisotopic (exact) mass is 183 g/mol. The molecule has 0 aliphatic carbocycles. The topological polar surface area (TPSA) is 49.8 Å². The maximum atomic E-state index is 10.6. The molecule has 0 aliphatic heterocycles. The maximum Gasteiger partial charge on any atom is 0.433 e. The van der Waals surface area contributed by atoms with Crippen LogP contribution in [0.15, 0.2) is 0 Å². The van der Waals surface area contributed by atoms with Gasteiger partial charge < -0.3 is 4.74 Å². The Hall–Kier alpha value is -0.480. The van der Waals surface area contributed by atoms with Crippen LogP contribution < -0.4 is 0 Å². The van der Waals surface area contributed by atoms with Gasteiger partial charge in [-0.15, -0.1) is 12.4 Å². The van der Waals surface area contributed by atoms with E-state index in [9.17, 15) is 4.79 Å². The van der Waals surface area contributed by atoms with Gasteiger partial charge in [0.25, 0.3) is 0 Å². The lowest BCUT2D eigenvalue weighted by atomic mass is 10.2. The summed E-state index contributed by atoms with van der Waals surface area (Å²) >= 11 is 0. The summed E-state index contributed by atoms with van der Waals surface area (Å²) in [7, 11) is 1.22. The van der Waals surface area contributed by atoms with Crippen molar-refractivity contribution in [2.75, 3.05) is 7.05 Å². The van der Waals surface area contributed by atoms with Gasteiger partial charge in [-0.3, -0.25) is 5.21 Å². The van der Waals surface area contributed by atoms with Crippen LogP contribution in [0.3, 0.4) is 0 Å². The van der Waals surface area contributed by atoms with Crippen LogP contribution >= 0.6 is 12.4 Å². The summed E-state index contributed by atoms with van der Waals surface area (Å²) in [5.41, 5.74) is -0.548. The first-order chi connectivity index (χ1) is 4.33. The third-order valence-electron chi connectivity index (χ3n) is 0.658. The minimum atomic E-state index is -0.743. The molecule has 0 saturated carbocycles. The number of hydrogen-bond acceptors (Lipinski definition) is 3. The Morgan fingerprint density at radius 3 is 1.91 bits per heavy atom. The lowest BCUT2D eigenvalue weighted by Gasteiger charge is -2.21. The molecule has 0 rings (SSSR count). The van der Waals surface area contributed by atoms with Crippen LogP contribution in [0.1, 0.15) is 20.8 Å². The van der Waals surface area contributed by atoms with Gasteiger partial charge in [-0.05, 0) is 20.8 Å². The van der Waals surface area contributed by atoms with Gasteiger partial charge in [-0.25, -0.2) is 4.79 Å². The van der Waals surface area contributed by atoms with Crippen LogP contribution in [0.5, 0.6) is 0 Å². The molecule has 0 unspecified atom stereocenters. The highest BCUT2D eigenvalue weighted by molar-refractivity contribution is 5.85. The maximum absolute atomic E-state index is 10.6. The van der Waals surface area contributed by atoms with Crippen molar-refractivity contribution in [2.24, 2.45) is 0 Å². The third kappa shape index (κ3) is 7.42. The number of amides is 1. The molecule has 0 fully saturated rings. The average molecular weight is 184 g/mol. The van der Waals surface area contributed by atoms with Gasteiger partial charge in [0.2, 0.25) is 0 Å². The summed E-state index contributed by atoms with van der Waals surface area (Å²) < 4.78 is 4.74. The first kappa shape index (κ1) is 13.1. The predicted molar refractivity (Wildman–Crippen MR) is 43.0 cm³/mol. The van der Waals surface area contributed by atoms with Crippen LogP contribution in [-0.2, 0) is 4.74 Å². The molecule has 0 bridgehead atoms. The minimum Gasteiger partial charge on any atom is -0.442 e. The van der Waals surface area contributed by atoms with Crippen LogP contribution in [0, 0.1) is 0 Å². The van der Waals surface area contributed by atoms with Crippen molar-refractivity contribution in [3.8, 4) is 0 Å². The number of ether oxygens (including phenoxy) is 1. The average Bonchev–Trinajstić information content (AvgIpc) is 1.60. The fraction of sp³-hybridized carbons (Fsp3) is 0.833. The number of rotatable bonds is 0. The van der Waals surface area contributed by atoms with Crippen molar-refractivity contribution >= 4 is 18.5 Å². The standard InChI is InChI=1S/C6H13NO3.ClH/c1-6(2,3)10-5(8)7(4)9;/h9H,1-4H3;1H. The lowest BCUT2D eigenvalue weighted by Crippen LogP contribution is -2.31. The van der Waals surface area contributed by atoms with Gasteiger partial charge in [-0.1, -0.05) is 0 Å². The highest BCUT2D eigenvalue weighted by Gasteiger charge is 2.17. The summed E-state index contributed by atoms with van der Waals surface area (Å²) in [4.78, 5) is 10.6. The van der Waals surface area contributed by atoms with E-state index >= 15 is 0 Å². The van der Waals surface area contributed by atoms with Crippen molar-refractivity contribution in [3.05, 3.63) is 0 Å². The van der Waals surface area contributed by atoms with Crippen LogP contribution in [0.4, 0.5) is 4.79 Å². The molecular formula is C6H14ClNO3. The minimum absolute atomic E-state index is 0. The summed E-state index contributed by atoms with van der Waals surface area (Å²) in [6.07, 6.45) is -0.743. The van der Waals surface area contributed by atoms with E-state index in [4.69, 9.17) is 9.94 Å². The molecule has 1 N–H and O–H groups in total. The molecule has 0 aromatic carbocycles. The molecule has 0 aromatic rings. The lowest BCUT2D eigenvalue weighted by molar-refractivity contribution is -0.0764. The smallest absolute Gasteiger partial charge is 0.433 e. The fourth-order valence-corrected chi connectivity index (χ4v) is 0.328. The normalized spacial score (nSPS) is 9.91. The summed E-state index contributed by atoms with van der Waals surface area (Å²) in [5, 5.41) is 8.95. The zero-order chi connectivity index (χ0) is 8.36. The molecule has 1 amide bonds. The second kappa shape index (κ2) is 4.41. The second-order valence-electron chi connectivity index (χ2n) is 3.00. The number of carbonyl (C=O) groups is 1. The van der Waals surface area contributed by atoms with Crippen LogP contribution in [-0.4, -0.2) is 29.0 Å². The Bertz CT molecular complexity index is 130. The molecule has 0 aliphatic rings. The summed E-state index contributed by atoms with van der Waals surface area (Å²) in [5.74, 6) is 0. The van der Waals surface area contributed by atoms with E-state index in [1.165, 1.54) is 7.05 Å². The Labute approximate surface area is 72.5 Å². The van der Waals surface area contributed by atoms with Gasteiger partial charge in [0.05, 0.1) is 0 Å². The number of hydroxylamine groups is 2. The van der Waals surface area contributed by atoms with Crippen molar-refractivity contribution in [1.82, 2.24) is 5.06 Å². The molecule has 0 radical (unpaired) electrons. The van der Waals surface area contributed by atoms with Crippen molar-refractivity contribution < 1.29 is 14.7 Å². The molecule has 0 atom stereocenters. The zero-order valence-electron chi connectivity index (χ0n) is 7.12. The molecule has 0 saturated heterocycles. The molecule has 0 spiro atoms. The van der Waals surface area contributed by atoms with Crippen LogP contribution in [0.25, 0.3) is 0 Å². The Morgan fingerprint density at radius 1 is 1.45 bits per heavy atom. The van der Waals surface area contributed by atoms with Gasteiger partial charge in [0, 0.05) is 7.05 Å². The van der Waals surface area contributed by atoms with E-state index < -0.39 is 11.7 Å². The summed E-state index contributed by atoms with van der Waals surface area (Å²) in [6, 6.07) is 0. The first-order valence-corrected chi connectivity index (χ1v) is 2.98. The molecular weight excluding hydrogens is 170 g/mol. The van der Waals surface area contributed by atoms with E-state index in [1.807, 2.05) is 0 Å². The van der Waals surface area contributed by atoms with Crippen molar-refractivity contribution in [1.29, 1.82) is 0 Å². The Kier molecular flexibility index (Phi) is 5.26. The molecule has 4 nitrogen and oxygen atoms in total. The van der Waals surface area contributed by atoms with E-state index in [-0.39, 0.29) is 12.4 Å². The van der Waals surface area contributed by atoms with E-state index in [0.29, 0.717) is 5.06 Å². The quantitative estimate of drug-likeness (QED) is 0.459. The Balaban J connectivity index is 0. The molecule has 11 heavy (non-hydrogen) atoms. The largest absolute Gasteiger partial charge is 0.442 e. The molecule has 0 aromatic heterocycles. The van der Waals surface area contributed by atoms with Gasteiger partial charge in [0.15, 0.2) is 0 Å². The fourth-order valence-electron chi connectivity index (χ4n) is 0.328. The predicted octanol–water partition coefficient (Wildman–Crippen LogP) is 1.66. The molecule has 5 heteroatoms. The highest BCUT2D eigenvalue weighted by atomic mass is 35.5. The summed E-state index contributed by atoms with van der Waals surface area (Å²) in [6.45, 7) is 5.19. The third-order valence-corrected chi connectivity index (χ3v) is 0.658. The van der Waals surface area contributed by atoms with Gasteiger partial charge in [0.1, 0.15) is 5.60 Å². The molecule has 0 heterocycles. The van der Waals surface area contributed by atoms with Crippen molar-refractivity contribution in [3.63, 3.8) is 0 Å².